The fraction of sp³-hybridized carbons (Fsp3) is 0.190. The highest BCUT2D eigenvalue weighted by atomic mass is 79.9. The molecular formula is C21H18BrNO7. The van der Waals surface area contributed by atoms with Crippen LogP contribution in [0.4, 0.5) is 10.5 Å². The van der Waals surface area contributed by atoms with Gasteiger partial charge in [-0.25, -0.2) is 14.4 Å². The molecule has 8 nitrogen and oxygen atoms in total. The molecule has 0 aliphatic heterocycles. The molecule has 0 saturated carbocycles. The lowest BCUT2D eigenvalue weighted by Crippen LogP contribution is -2.13. The van der Waals surface area contributed by atoms with E-state index in [2.05, 4.69) is 26.0 Å². The Hall–Kier alpha value is -3.33. The van der Waals surface area contributed by atoms with Gasteiger partial charge in [0.2, 0.25) is 0 Å². The average molecular weight is 476 g/mol. The SMILES string of the molecule is CCOC(=O)Nc1ccc2c(COc3ccc(C(=O)OC)cc3Br)cc(=O)oc2c1. The van der Waals surface area contributed by atoms with Crippen molar-refractivity contribution in [2.75, 3.05) is 19.0 Å². The molecule has 1 N–H and O–H groups in total. The number of esters is 1. The second kappa shape index (κ2) is 9.45. The maximum absolute atomic E-state index is 12.0. The quantitative estimate of drug-likeness (QED) is 0.413. The molecule has 0 aliphatic carbocycles. The van der Waals surface area contributed by atoms with Crippen molar-refractivity contribution in [1.82, 2.24) is 0 Å². The van der Waals surface area contributed by atoms with Crippen molar-refractivity contribution in [3.63, 3.8) is 0 Å². The number of carbonyl (C=O) groups is 2. The largest absolute Gasteiger partial charge is 0.488 e. The van der Waals surface area contributed by atoms with Crippen molar-refractivity contribution < 1.29 is 28.2 Å². The predicted molar refractivity (Wildman–Crippen MR) is 113 cm³/mol. The van der Waals surface area contributed by atoms with Crippen LogP contribution in [0.2, 0.25) is 0 Å². The first-order chi connectivity index (χ1) is 14.4. The van der Waals surface area contributed by atoms with Crippen LogP contribution in [0.25, 0.3) is 11.0 Å². The maximum Gasteiger partial charge on any atom is 0.411 e. The van der Waals surface area contributed by atoms with Gasteiger partial charge < -0.3 is 18.6 Å². The molecule has 3 aromatic rings. The highest BCUT2D eigenvalue weighted by Gasteiger charge is 2.12. The Balaban J connectivity index is 1.83. The van der Waals surface area contributed by atoms with Crippen molar-refractivity contribution in [2.45, 2.75) is 13.5 Å². The number of hydrogen-bond donors (Lipinski definition) is 1. The first kappa shape index (κ1) is 21.4. The topological polar surface area (TPSA) is 104 Å². The van der Waals surface area contributed by atoms with Gasteiger partial charge in [-0.15, -0.1) is 0 Å². The average Bonchev–Trinajstić information content (AvgIpc) is 2.71. The Bertz CT molecular complexity index is 1160. The van der Waals surface area contributed by atoms with Gasteiger partial charge in [0.05, 0.1) is 23.8 Å². The molecule has 0 unspecified atom stereocenters. The van der Waals surface area contributed by atoms with E-state index in [0.29, 0.717) is 38.0 Å². The number of halogens is 1. The second-order valence-electron chi connectivity index (χ2n) is 6.07. The van der Waals surface area contributed by atoms with Gasteiger partial charge in [0, 0.05) is 28.8 Å². The molecule has 3 rings (SSSR count). The maximum atomic E-state index is 12.0. The first-order valence-electron chi connectivity index (χ1n) is 8.92. The van der Waals surface area contributed by atoms with E-state index in [1.54, 1.807) is 37.3 Å². The number of amides is 1. The highest BCUT2D eigenvalue weighted by Crippen LogP contribution is 2.28. The summed E-state index contributed by atoms with van der Waals surface area (Å²) in [6.07, 6.45) is -0.598. The highest BCUT2D eigenvalue weighted by molar-refractivity contribution is 9.10. The number of anilines is 1. The van der Waals surface area contributed by atoms with E-state index in [9.17, 15) is 14.4 Å². The Morgan fingerprint density at radius 2 is 1.93 bits per heavy atom. The third-order valence-electron chi connectivity index (χ3n) is 4.09. The summed E-state index contributed by atoms with van der Waals surface area (Å²) in [5, 5.41) is 3.22. The van der Waals surface area contributed by atoms with E-state index in [1.165, 1.54) is 19.2 Å². The van der Waals surface area contributed by atoms with Crippen molar-refractivity contribution >= 4 is 44.6 Å². The van der Waals surface area contributed by atoms with Crippen LogP contribution in [0.15, 0.2) is 56.1 Å². The molecule has 0 atom stereocenters. The summed E-state index contributed by atoms with van der Waals surface area (Å²) in [6.45, 7) is 2.03. The number of rotatable bonds is 6. The molecular weight excluding hydrogens is 458 g/mol. The van der Waals surface area contributed by atoms with Crippen molar-refractivity contribution in [1.29, 1.82) is 0 Å². The summed E-state index contributed by atoms with van der Waals surface area (Å²) in [5.74, 6) is 0.0331. The minimum Gasteiger partial charge on any atom is -0.488 e. The number of methoxy groups -OCH3 is 1. The zero-order valence-electron chi connectivity index (χ0n) is 16.2. The molecule has 0 bridgehead atoms. The number of nitrogens with one attached hydrogen (secondary N) is 1. The Morgan fingerprint density at radius 1 is 1.13 bits per heavy atom. The van der Waals surface area contributed by atoms with Crippen molar-refractivity contribution in [2.24, 2.45) is 0 Å². The van der Waals surface area contributed by atoms with Gasteiger partial charge in [0.25, 0.3) is 0 Å². The van der Waals surface area contributed by atoms with Gasteiger partial charge in [0.1, 0.15) is 17.9 Å². The normalized spacial score (nSPS) is 10.5. The van der Waals surface area contributed by atoms with Crippen LogP contribution in [0.1, 0.15) is 22.8 Å². The Labute approximate surface area is 179 Å². The molecule has 1 amide bonds. The van der Waals surface area contributed by atoms with Gasteiger partial charge in [-0.3, -0.25) is 5.32 Å². The molecule has 30 heavy (non-hydrogen) atoms. The van der Waals surface area contributed by atoms with Crippen LogP contribution in [0, 0.1) is 0 Å². The zero-order valence-corrected chi connectivity index (χ0v) is 17.8. The van der Waals surface area contributed by atoms with E-state index in [0.717, 1.165) is 0 Å². The van der Waals surface area contributed by atoms with E-state index in [1.807, 2.05) is 0 Å². The zero-order chi connectivity index (χ0) is 21.7. The van der Waals surface area contributed by atoms with Crippen LogP contribution in [0.5, 0.6) is 5.75 Å². The molecule has 0 aliphatic rings. The fourth-order valence-corrected chi connectivity index (χ4v) is 3.22. The summed E-state index contributed by atoms with van der Waals surface area (Å²) in [6, 6.07) is 11.1. The summed E-state index contributed by atoms with van der Waals surface area (Å²) >= 11 is 3.36. The van der Waals surface area contributed by atoms with Gasteiger partial charge in [-0.1, -0.05) is 0 Å². The number of fused-ring (bicyclic) bond motifs is 1. The molecule has 9 heteroatoms. The minimum absolute atomic E-state index is 0.0862. The number of benzene rings is 2. The minimum atomic E-state index is -0.598. The summed E-state index contributed by atoms with van der Waals surface area (Å²) < 4.78 is 21.2. The molecule has 1 aromatic heterocycles. The lowest BCUT2D eigenvalue weighted by atomic mass is 10.1. The lowest BCUT2D eigenvalue weighted by Gasteiger charge is -2.11. The molecule has 156 valence electrons. The Morgan fingerprint density at radius 3 is 2.63 bits per heavy atom. The second-order valence-corrected chi connectivity index (χ2v) is 6.93. The molecule has 0 radical (unpaired) electrons. The third kappa shape index (κ3) is 4.98. The van der Waals surface area contributed by atoms with Gasteiger partial charge in [-0.2, -0.15) is 0 Å². The van der Waals surface area contributed by atoms with Crippen molar-refractivity contribution in [3.8, 4) is 5.75 Å². The van der Waals surface area contributed by atoms with E-state index in [4.69, 9.17) is 13.9 Å². The van der Waals surface area contributed by atoms with Gasteiger partial charge in [0.15, 0.2) is 0 Å². The van der Waals surface area contributed by atoms with E-state index in [-0.39, 0.29) is 13.2 Å². The smallest absolute Gasteiger partial charge is 0.411 e. The van der Waals surface area contributed by atoms with E-state index < -0.39 is 17.7 Å². The van der Waals surface area contributed by atoms with Crippen LogP contribution in [-0.4, -0.2) is 25.8 Å². The molecule has 0 fully saturated rings. The van der Waals surface area contributed by atoms with Crippen molar-refractivity contribution in [3.05, 3.63) is 68.5 Å². The monoisotopic (exact) mass is 475 g/mol. The molecule has 2 aromatic carbocycles. The van der Waals surface area contributed by atoms with Gasteiger partial charge >= 0.3 is 17.7 Å². The van der Waals surface area contributed by atoms with Crippen LogP contribution >= 0.6 is 15.9 Å². The Kier molecular flexibility index (Phi) is 6.73. The predicted octanol–water partition coefficient (Wildman–Crippen LogP) is 4.49. The van der Waals surface area contributed by atoms with Crippen LogP contribution in [-0.2, 0) is 16.1 Å². The molecule has 0 spiro atoms. The third-order valence-corrected chi connectivity index (χ3v) is 4.71. The summed E-state index contributed by atoms with van der Waals surface area (Å²) in [4.78, 5) is 35.2. The standard InChI is InChI=1S/C21H18BrNO7/c1-3-28-21(26)23-14-5-6-15-13(9-19(24)30-18(15)10-14)11-29-17-7-4-12(8-16(17)22)20(25)27-2/h4-10H,3,11H2,1-2H3,(H,23,26). The number of hydrogen-bond acceptors (Lipinski definition) is 7. The lowest BCUT2D eigenvalue weighted by molar-refractivity contribution is 0.0600. The number of carbonyl (C=O) groups excluding carboxylic acids is 2. The van der Waals surface area contributed by atoms with Gasteiger partial charge in [-0.05, 0) is 53.2 Å². The fourth-order valence-electron chi connectivity index (χ4n) is 2.73. The van der Waals surface area contributed by atoms with E-state index >= 15 is 0 Å². The first-order valence-corrected chi connectivity index (χ1v) is 9.71. The summed E-state index contributed by atoms with van der Waals surface area (Å²) in [5.41, 5.74) is 1.17. The molecule has 0 saturated heterocycles. The number of ether oxygens (including phenoxy) is 3. The summed E-state index contributed by atoms with van der Waals surface area (Å²) in [7, 11) is 1.31. The van der Waals surface area contributed by atoms with Crippen LogP contribution in [0.3, 0.4) is 0 Å². The molecule has 1 heterocycles. The van der Waals surface area contributed by atoms with Crippen LogP contribution < -0.4 is 15.7 Å².